The molecule has 2 aromatic rings. The van der Waals surface area contributed by atoms with Gasteiger partial charge in [-0.1, -0.05) is 45.0 Å². The summed E-state index contributed by atoms with van der Waals surface area (Å²) in [6.45, 7) is 6.26. The quantitative estimate of drug-likeness (QED) is 0.513. The summed E-state index contributed by atoms with van der Waals surface area (Å²) in [6.07, 6.45) is -8.90. The standard InChI is InChI=1S/C24H29F3N4O5S/c1-12-17(37-11-29-12)13-5-7-14(8-6-13)18(24(25,26)27)30-20(33)16-9-15(32)10-31(16)21(34)19(23(2,3)4)36-22(28)35/h5-8,11,15-16,18-19,32H,9-10H2,1-4H3,(H2,28,35)(H,30,33)/t15-,16+,18?,19-/m1/s1. The van der Waals surface area contributed by atoms with Crippen LogP contribution in [0.2, 0.25) is 0 Å². The number of hydrogen-bond donors (Lipinski definition) is 3. The number of rotatable bonds is 6. The Morgan fingerprint density at radius 1 is 1.22 bits per heavy atom. The first-order chi connectivity index (χ1) is 17.1. The van der Waals surface area contributed by atoms with Gasteiger partial charge in [-0.25, -0.2) is 9.78 Å². The van der Waals surface area contributed by atoms with Crippen LogP contribution < -0.4 is 11.1 Å². The molecular formula is C24H29F3N4O5S. The predicted octanol–water partition coefficient (Wildman–Crippen LogP) is 3.31. The number of thiazole rings is 1. The SMILES string of the molecule is Cc1ncsc1-c1ccc(C(NC(=O)[C@@H]2C[C@@H](O)CN2C(=O)[C@@H](OC(N)=O)C(C)(C)C)C(F)(F)F)cc1. The van der Waals surface area contributed by atoms with Gasteiger partial charge in [0.1, 0.15) is 6.04 Å². The van der Waals surface area contributed by atoms with Crippen LogP contribution in [0, 0.1) is 12.3 Å². The van der Waals surface area contributed by atoms with Gasteiger partial charge in [-0.15, -0.1) is 11.3 Å². The van der Waals surface area contributed by atoms with Crippen LogP contribution in [0.4, 0.5) is 18.0 Å². The molecule has 9 nitrogen and oxygen atoms in total. The number of likely N-dealkylation sites (tertiary alicyclic amines) is 1. The van der Waals surface area contributed by atoms with Crippen LogP contribution in [0.25, 0.3) is 10.4 Å². The van der Waals surface area contributed by atoms with E-state index in [0.29, 0.717) is 5.56 Å². The van der Waals surface area contributed by atoms with E-state index in [-0.39, 0.29) is 18.5 Å². The Bertz CT molecular complexity index is 1150. The summed E-state index contributed by atoms with van der Waals surface area (Å²) in [5.41, 5.74) is 7.02. The molecule has 1 aromatic carbocycles. The Hall–Kier alpha value is -3.19. The lowest BCUT2D eigenvalue weighted by Crippen LogP contribution is -2.54. The van der Waals surface area contributed by atoms with Crippen molar-refractivity contribution < 1.29 is 37.4 Å². The number of halogens is 3. The van der Waals surface area contributed by atoms with Crippen molar-refractivity contribution in [2.75, 3.05) is 6.54 Å². The van der Waals surface area contributed by atoms with E-state index < -0.39 is 53.8 Å². The van der Waals surface area contributed by atoms with Crippen molar-refractivity contribution in [2.45, 2.75) is 64.6 Å². The number of nitrogens with one attached hydrogen (secondary N) is 1. The topological polar surface area (TPSA) is 135 Å². The predicted molar refractivity (Wildman–Crippen MR) is 129 cm³/mol. The third kappa shape index (κ3) is 6.58. The van der Waals surface area contributed by atoms with Gasteiger partial charge in [0.25, 0.3) is 5.91 Å². The summed E-state index contributed by atoms with van der Waals surface area (Å²) >= 11 is 1.36. The van der Waals surface area contributed by atoms with Crippen LogP contribution in [0.15, 0.2) is 29.8 Å². The van der Waals surface area contributed by atoms with Gasteiger partial charge in [-0.2, -0.15) is 13.2 Å². The molecule has 4 atom stereocenters. The molecule has 1 aliphatic heterocycles. The number of carbonyl (C=O) groups excluding carboxylic acids is 3. The van der Waals surface area contributed by atoms with Crippen molar-refractivity contribution in [3.8, 4) is 10.4 Å². The van der Waals surface area contributed by atoms with E-state index in [2.05, 4.69) is 4.98 Å². The van der Waals surface area contributed by atoms with Crippen molar-refractivity contribution in [2.24, 2.45) is 11.1 Å². The minimum Gasteiger partial charge on any atom is -0.436 e. The Morgan fingerprint density at radius 2 is 1.84 bits per heavy atom. The molecule has 0 saturated carbocycles. The lowest BCUT2D eigenvalue weighted by atomic mass is 9.88. The summed E-state index contributed by atoms with van der Waals surface area (Å²) in [7, 11) is 0. The first-order valence-electron chi connectivity index (χ1n) is 11.4. The maximum Gasteiger partial charge on any atom is 0.412 e. The molecule has 1 aromatic heterocycles. The molecule has 1 fully saturated rings. The van der Waals surface area contributed by atoms with Crippen LogP contribution in [0.1, 0.15) is 44.5 Å². The molecule has 0 aliphatic carbocycles. The normalized spacial score (nSPS) is 19.8. The number of ether oxygens (including phenoxy) is 1. The molecule has 37 heavy (non-hydrogen) atoms. The zero-order valence-corrected chi connectivity index (χ0v) is 21.5. The van der Waals surface area contributed by atoms with Gasteiger partial charge in [0, 0.05) is 18.4 Å². The number of alkyl halides is 3. The monoisotopic (exact) mass is 542 g/mol. The maximum atomic E-state index is 14.0. The summed E-state index contributed by atoms with van der Waals surface area (Å²) in [6, 6.07) is 1.82. The molecule has 2 heterocycles. The number of carbonyl (C=O) groups is 3. The van der Waals surface area contributed by atoms with E-state index in [9.17, 15) is 32.7 Å². The average Bonchev–Trinajstić information content (AvgIpc) is 3.39. The van der Waals surface area contributed by atoms with Gasteiger partial charge < -0.3 is 25.8 Å². The van der Waals surface area contributed by atoms with Crippen LogP contribution in [0.5, 0.6) is 0 Å². The fourth-order valence-electron chi connectivity index (χ4n) is 4.17. The van der Waals surface area contributed by atoms with Crippen LogP contribution >= 0.6 is 11.3 Å². The molecule has 1 saturated heterocycles. The summed E-state index contributed by atoms with van der Waals surface area (Å²) in [4.78, 5) is 43.5. The third-order valence-electron chi connectivity index (χ3n) is 5.98. The number of aliphatic hydroxyl groups is 1. The number of benzene rings is 1. The molecule has 202 valence electrons. The van der Waals surface area contributed by atoms with Gasteiger partial charge in [0.2, 0.25) is 5.91 Å². The van der Waals surface area contributed by atoms with Crippen molar-refractivity contribution in [1.82, 2.24) is 15.2 Å². The zero-order valence-electron chi connectivity index (χ0n) is 20.7. The number of aliphatic hydroxyl groups excluding tert-OH is 1. The number of β-amino-alcohol motifs (C(OH)–C–C–N with tert-alkyl or cyclic N) is 1. The molecule has 3 rings (SSSR count). The van der Waals surface area contributed by atoms with Crippen molar-refractivity contribution in [3.05, 3.63) is 41.0 Å². The minimum atomic E-state index is -4.84. The van der Waals surface area contributed by atoms with Gasteiger partial charge >= 0.3 is 12.3 Å². The second kappa shape index (κ2) is 10.7. The van der Waals surface area contributed by atoms with Crippen molar-refractivity contribution >= 4 is 29.2 Å². The van der Waals surface area contributed by atoms with E-state index in [0.717, 1.165) is 15.5 Å². The maximum absolute atomic E-state index is 14.0. The largest absolute Gasteiger partial charge is 0.436 e. The van der Waals surface area contributed by atoms with E-state index in [4.69, 9.17) is 10.5 Å². The highest BCUT2D eigenvalue weighted by Crippen LogP contribution is 2.36. The Kier molecular flexibility index (Phi) is 8.18. The minimum absolute atomic E-state index is 0.201. The number of aromatic nitrogens is 1. The highest BCUT2D eigenvalue weighted by Gasteiger charge is 2.48. The fourth-order valence-corrected chi connectivity index (χ4v) is 4.98. The Labute approximate surface area is 215 Å². The molecule has 1 unspecified atom stereocenters. The van der Waals surface area contributed by atoms with Crippen molar-refractivity contribution in [3.63, 3.8) is 0 Å². The van der Waals surface area contributed by atoms with E-state index in [1.54, 1.807) is 33.2 Å². The fraction of sp³-hybridized carbons (Fsp3) is 0.500. The summed E-state index contributed by atoms with van der Waals surface area (Å²) in [5, 5.41) is 12.1. The summed E-state index contributed by atoms with van der Waals surface area (Å²) in [5.74, 6) is -1.93. The molecule has 1 aliphatic rings. The Balaban J connectivity index is 1.85. The molecule has 3 amide bonds. The van der Waals surface area contributed by atoms with Gasteiger partial charge in [0.15, 0.2) is 12.1 Å². The van der Waals surface area contributed by atoms with Gasteiger partial charge in [0.05, 0.1) is 22.2 Å². The van der Waals surface area contributed by atoms with Crippen LogP contribution in [-0.4, -0.2) is 63.9 Å². The van der Waals surface area contributed by atoms with E-state index in [1.807, 2.05) is 5.32 Å². The number of hydrogen-bond acceptors (Lipinski definition) is 7. The molecule has 0 spiro atoms. The number of aryl methyl sites for hydroxylation is 1. The number of nitrogens with zero attached hydrogens (tertiary/aromatic N) is 2. The lowest BCUT2D eigenvalue weighted by molar-refractivity contribution is -0.166. The van der Waals surface area contributed by atoms with Crippen LogP contribution in [-0.2, 0) is 14.3 Å². The molecular weight excluding hydrogens is 513 g/mol. The highest BCUT2D eigenvalue weighted by molar-refractivity contribution is 7.13. The molecule has 0 bridgehead atoms. The molecule has 4 N–H and O–H groups in total. The van der Waals surface area contributed by atoms with Crippen LogP contribution in [0.3, 0.4) is 0 Å². The van der Waals surface area contributed by atoms with Gasteiger partial charge in [-0.05, 0) is 18.1 Å². The smallest absolute Gasteiger partial charge is 0.412 e. The van der Waals surface area contributed by atoms with Crippen molar-refractivity contribution in [1.29, 1.82) is 0 Å². The van der Waals surface area contributed by atoms with Gasteiger partial charge in [-0.3, -0.25) is 9.59 Å². The first kappa shape index (κ1) is 28.4. The number of amides is 3. The second-order valence-corrected chi connectivity index (χ2v) is 10.8. The Morgan fingerprint density at radius 3 is 2.32 bits per heavy atom. The second-order valence-electron chi connectivity index (χ2n) is 9.95. The average molecular weight is 543 g/mol. The number of primary amides is 1. The number of nitrogens with two attached hydrogens (primary N) is 1. The molecule has 13 heteroatoms. The summed E-state index contributed by atoms with van der Waals surface area (Å²) < 4.78 is 47.0. The molecule has 0 radical (unpaired) electrons. The zero-order chi connectivity index (χ0) is 27.7. The highest BCUT2D eigenvalue weighted by atomic mass is 32.1. The lowest BCUT2D eigenvalue weighted by Gasteiger charge is -2.34. The third-order valence-corrected chi connectivity index (χ3v) is 6.95. The van der Waals surface area contributed by atoms with E-state index in [1.165, 1.54) is 35.6 Å². The first-order valence-corrected chi connectivity index (χ1v) is 12.3. The van der Waals surface area contributed by atoms with E-state index >= 15 is 0 Å².